The molecule has 0 radical (unpaired) electrons. The molecule has 134 valence electrons. The average molecular weight is 342 g/mol. The zero-order valence-corrected chi connectivity index (χ0v) is 14.7. The van der Waals surface area contributed by atoms with E-state index in [0.717, 1.165) is 37.0 Å². The molecule has 1 aromatic rings. The Kier molecular flexibility index (Phi) is 5.74. The standard InChI is InChI=1S/C20H26N2O3/c1-25-18-8-6-15(7-9-18)14-21-19(23)16-10-12-22(13-11-16)20(24)17-4-2-3-5-17/h2-3,6-9,16-17H,4-5,10-14H2,1H3,(H,21,23). The summed E-state index contributed by atoms with van der Waals surface area (Å²) in [5.74, 6) is 1.28. The monoisotopic (exact) mass is 342 g/mol. The van der Waals surface area contributed by atoms with E-state index in [2.05, 4.69) is 17.5 Å². The molecule has 5 nitrogen and oxygen atoms in total. The number of carbonyl (C=O) groups excluding carboxylic acids is 2. The largest absolute Gasteiger partial charge is 0.497 e. The van der Waals surface area contributed by atoms with Crippen LogP contribution in [-0.2, 0) is 16.1 Å². The van der Waals surface area contributed by atoms with Crippen molar-refractivity contribution in [2.45, 2.75) is 32.2 Å². The lowest BCUT2D eigenvalue weighted by atomic mass is 9.94. The molecule has 0 bridgehead atoms. The minimum atomic E-state index is 0.00371. The van der Waals surface area contributed by atoms with Crippen LogP contribution in [0.2, 0.25) is 0 Å². The molecule has 1 N–H and O–H groups in total. The van der Waals surface area contributed by atoms with Gasteiger partial charge in [-0.25, -0.2) is 0 Å². The fourth-order valence-electron chi connectivity index (χ4n) is 3.52. The number of piperidine rings is 1. The number of nitrogens with one attached hydrogen (secondary N) is 1. The van der Waals surface area contributed by atoms with Gasteiger partial charge in [0, 0.05) is 31.5 Å². The van der Waals surface area contributed by atoms with E-state index in [0.29, 0.717) is 19.6 Å². The van der Waals surface area contributed by atoms with Crippen LogP contribution in [0.25, 0.3) is 0 Å². The van der Waals surface area contributed by atoms with Gasteiger partial charge >= 0.3 is 0 Å². The molecular weight excluding hydrogens is 316 g/mol. The van der Waals surface area contributed by atoms with Crippen LogP contribution >= 0.6 is 0 Å². The summed E-state index contributed by atoms with van der Waals surface area (Å²) >= 11 is 0. The SMILES string of the molecule is COc1ccc(CNC(=O)C2CCN(C(=O)C3CC=CC3)CC2)cc1. The highest BCUT2D eigenvalue weighted by Crippen LogP contribution is 2.24. The molecule has 25 heavy (non-hydrogen) atoms. The quantitative estimate of drug-likeness (QED) is 0.837. The van der Waals surface area contributed by atoms with Crippen molar-refractivity contribution in [2.24, 2.45) is 11.8 Å². The molecule has 0 spiro atoms. The molecular formula is C20H26N2O3. The van der Waals surface area contributed by atoms with Crippen LogP contribution in [0.3, 0.4) is 0 Å². The predicted molar refractivity (Wildman–Crippen MR) is 96.0 cm³/mol. The number of amides is 2. The van der Waals surface area contributed by atoms with Gasteiger partial charge in [0.1, 0.15) is 5.75 Å². The number of allylic oxidation sites excluding steroid dienone is 2. The highest BCUT2D eigenvalue weighted by molar-refractivity contribution is 5.81. The molecule has 0 aromatic heterocycles. The highest BCUT2D eigenvalue weighted by Gasteiger charge is 2.30. The average Bonchev–Trinajstić information content (AvgIpc) is 3.21. The number of benzene rings is 1. The maximum Gasteiger partial charge on any atom is 0.226 e. The van der Waals surface area contributed by atoms with E-state index in [4.69, 9.17) is 4.74 Å². The van der Waals surface area contributed by atoms with Crippen LogP contribution in [0.5, 0.6) is 5.75 Å². The van der Waals surface area contributed by atoms with Gasteiger partial charge in [0.15, 0.2) is 0 Å². The van der Waals surface area contributed by atoms with Crippen LogP contribution in [0.4, 0.5) is 0 Å². The zero-order chi connectivity index (χ0) is 17.6. The third-order valence-corrected chi connectivity index (χ3v) is 5.16. The fraction of sp³-hybridized carbons (Fsp3) is 0.500. The predicted octanol–water partition coefficient (Wildman–Crippen LogP) is 2.52. The van der Waals surface area contributed by atoms with Crippen molar-refractivity contribution >= 4 is 11.8 Å². The molecule has 1 fully saturated rings. The summed E-state index contributed by atoms with van der Waals surface area (Å²) in [5.41, 5.74) is 1.05. The molecule has 5 heteroatoms. The lowest BCUT2D eigenvalue weighted by Crippen LogP contribution is -2.44. The normalized spacial score (nSPS) is 18.4. The summed E-state index contributed by atoms with van der Waals surface area (Å²) in [6.07, 6.45) is 7.40. The second kappa shape index (κ2) is 8.19. The first-order chi connectivity index (χ1) is 12.2. The Bertz CT molecular complexity index is 623. The van der Waals surface area contributed by atoms with E-state index in [9.17, 15) is 9.59 Å². The summed E-state index contributed by atoms with van der Waals surface area (Å²) in [4.78, 5) is 26.7. The minimum Gasteiger partial charge on any atom is -0.497 e. The molecule has 3 rings (SSSR count). The molecule has 2 amide bonds. The fourth-order valence-corrected chi connectivity index (χ4v) is 3.52. The van der Waals surface area contributed by atoms with Crippen molar-refractivity contribution in [2.75, 3.05) is 20.2 Å². The van der Waals surface area contributed by atoms with Gasteiger partial charge in [0.2, 0.25) is 11.8 Å². The molecule has 0 atom stereocenters. The number of hydrogen-bond donors (Lipinski definition) is 1. The van der Waals surface area contributed by atoms with Crippen LogP contribution in [-0.4, -0.2) is 36.9 Å². The lowest BCUT2D eigenvalue weighted by Gasteiger charge is -2.33. The van der Waals surface area contributed by atoms with Gasteiger partial charge in [0.25, 0.3) is 0 Å². The molecule has 1 aromatic carbocycles. The van der Waals surface area contributed by atoms with Crippen molar-refractivity contribution < 1.29 is 14.3 Å². The van der Waals surface area contributed by atoms with Crippen molar-refractivity contribution in [1.82, 2.24) is 10.2 Å². The molecule has 2 aliphatic rings. The van der Waals surface area contributed by atoms with E-state index in [1.807, 2.05) is 29.2 Å². The smallest absolute Gasteiger partial charge is 0.226 e. The number of nitrogens with zero attached hydrogens (tertiary/aromatic N) is 1. The molecule has 1 heterocycles. The van der Waals surface area contributed by atoms with Crippen molar-refractivity contribution in [3.05, 3.63) is 42.0 Å². The first kappa shape index (κ1) is 17.5. The second-order valence-electron chi connectivity index (χ2n) is 6.81. The Hall–Kier alpha value is -2.30. The first-order valence-corrected chi connectivity index (χ1v) is 9.02. The number of hydrogen-bond acceptors (Lipinski definition) is 3. The van der Waals surface area contributed by atoms with Crippen LogP contribution < -0.4 is 10.1 Å². The molecule has 0 saturated carbocycles. The summed E-state index contributed by atoms with van der Waals surface area (Å²) in [5, 5.41) is 3.01. The number of rotatable bonds is 5. The minimum absolute atomic E-state index is 0.00371. The van der Waals surface area contributed by atoms with Crippen molar-refractivity contribution in [3.63, 3.8) is 0 Å². The summed E-state index contributed by atoms with van der Waals surface area (Å²) in [6, 6.07) is 7.69. The molecule has 1 aliphatic carbocycles. The third-order valence-electron chi connectivity index (χ3n) is 5.16. The van der Waals surface area contributed by atoms with E-state index in [1.165, 1.54) is 0 Å². The van der Waals surface area contributed by atoms with Crippen LogP contribution in [0.1, 0.15) is 31.2 Å². The summed E-state index contributed by atoms with van der Waals surface area (Å²) < 4.78 is 5.13. The van der Waals surface area contributed by atoms with Crippen molar-refractivity contribution in [3.8, 4) is 5.75 Å². The topological polar surface area (TPSA) is 58.6 Å². The van der Waals surface area contributed by atoms with Gasteiger partial charge in [-0.05, 0) is 43.4 Å². The van der Waals surface area contributed by atoms with E-state index in [1.54, 1.807) is 7.11 Å². The van der Waals surface area contributed by atoms with Crippen LogP contribution in [0, 0.1) is 11.8 Å². The van der Waals surface area contributed by atoms with Gasteiger partial charge in [-0.15, -0.1) is 0 Å². The Morgan fingerprint density at radius 1 is 1.08 bits per heavy atom. The Balaban J connectivity index is 1.42. The molecule has 0 unspecified atom stereocenters. The number of ether oxygens (including phenoxy) is 1. The summed E-state index contributed by atoms with van der Waals surface area (Å²) in [6.45, 7) is 1.90. The Labute approximate surface area is 149 Å². The number of methoxy groups -OCH3 is 1. The lowest BCUT2D eigenvalue weighted by molar-refractivity contribution is -0.138. The van der Waals surface area contributed by atoms with Gasteiger partial charge in [-0.2, -0.15) is 0 Å². The maximum absolute atomic E-state index is 12.4. The van der Waals surface area contributed by atoms with Gasteiger partial charge in [-0.3, -0.25) is 9.59 Å². The Morgan fingerprint density at radius 3 is 2.32 bits per heavy atom. The molecule has 1 saturated heterocycles. The van der Waals surface area contributed by atoms with E-state index >= 15 is 0 Å². The molecule has 1 aliphatic heterocycles. The maximum atomic E-state index is 12.4. The highest BCUT2D eigenvalue weighted by atomic mass is 16.5. The van der Waals surface area contributed by atoms with Crippen LogP contribution in [0.15, 0.2) is 36.4 Å². The third kappa shape index (κ3) is 4.41. The van der Waals surface area contributed by atoms with E-state index < -0.39 is 0 Å². The Morgan fingerprint density at radius 2 is 1.72 bits per heavy atom. The zero-order valence-electron chi connectivity index (χ0n) is 14.7. The number of carbonyl (C=O) groups is 2. The first-order valence-electron chi connectivity index (χ1n) is 9.02. The summed E-state index contributed by atoms with van der Waals surface area (Å²) in [7, 11) is 1.64. The second-order valence-corrected chi connectivity index (χ2v) is 6.81. The van der Waals surface area contributed by atoms with Gasteiger partial charge < -0.3 is 15.0 Å². The van der Waals surface area contributed by atoms with Crippen molar-refractivity contribution in [1.29, 1.82) is 0 Å². The van der Waals surface area contributed by atoms with Gasteiger partial charge in [-0.1, -0.05) is 24.3 Å². The van der Waals surface area contributed by atoms with E-state index in [-0.39, 0.29) is 23.7 Å². The van der Waals surface area contributed by atoms with Gasteiger partial charge in [0.05, 0.1) is 7.11 Å². The number of likely N-dealkylation sites (tertiary alicyclic amines) is 1.